The molecule has 1 unspecified atom stereocenters. The van der Waals surface area contributed by atoms with Crippen LogP contribution in [0.15, 0.2) is 48.8 Å². The van der Waals surface area contributed by atoms with E-state index in [1.165, 1.54) is 19.2 Å². The van der Waals surface area contributed by atoms with Gasteiger partial charge in [-0.05, 0) is 31.9 Å². The third-order valence-corrected chi connectivity index (χ3v) is 4.74. The number of hydrogen-bond acceptors (Lipinski definition) is 5. The largest absolute Gasteiger partial charge is 0.477 e. The Morgan fingerprint density at radius 2 is 1.90 bits per heavy atom. The Bertz CT molecular complexity index is 1070. The highest BCUT2D eigenvalue weighted by atomic mass is 16.4. The third-order valence-electron chi connectivity index (χ3n) is 4.74. The number of aryl methyl sites for hydroxylation is 1. The van der Waals surface area contributed by atoms with Gasteiger partial charge in [-0.15, -0.1) is 0 Å². The minimum Gasteiger partial charge on any atom is -0.477 e. The molecular weight excluding hydrogens is 400 g/mol. The maximum absolute atomic E-state index is 12.7. The first-order valence-corrected chi connectivity index (χ1v) is 9.88. The second-order valence-corrected chi connectivity index (χ2v) is 6.87. The van der Waals surface area contributed by atoms with Crippen molar-refractivity contribution in [1.82, 2.24) is 24.9 Å². The molecule has 3 aromatic rings. The van der Waals surface area contributed by atoms with Gasteiger partial charge in [0.15, 0.2) is 5.69 Å². The van der Waals surface area contributed by atoms with Crippen molar-refractivity contribution >= 4 is 23.5 Å². The van der Waals surface area contributed by atoms with E-state index < -0.39 is 23.8 Å². The minimum absolute atomic E-state index is 0.0920. The summed E-state index contributed by atoms with van der Waals surface area (Å²) in [7, 11) is 0. The zero-order valence-electron chi connectivity index (χ0n) is 17.3. The molecule has 3 rings (SSSR count). The Kier molecular flexibility index (Phi) is 6.81. The van der Waals surface area contributed by atoms with Gasteiger partial charge in [-0.25, -0.2) is 9.48 Å². The Morgan fingerprint density at radius 3 is 2.58 bits per heavy atom. The maximum atomic E-state index is 12.7. The number of carbonyl (C=O) groups is 3. The van der Waals surface area contributed by atoms with Gasteiger partial charge in [0.1, 0.15) is 11.7 Å². The van der Waals surface area contributed by atoms with Crippen molar-refractivity contribution < 1.29 is 19.5 Å². The Balaban J connectivity index is 1.70. The van der Waals surface area contributed by atoms with Crippen LogP contribution in [0, 0.1) is 0 Å². The molecule has 31 heavy (non-hydrogen) atoms. The predicted molar refractivity (Wildman–Crippen MR) is 113 cm³/mol. The molecule has 0 spiro atoms. The summed E-state index contributed by atoms with van der Waals surface area (Å²) in [6.07, 6.45) is 3.54. The highest BCUT2D eigenvalue weighted by molar-refractivity contribution is 6.03. The molecule has 162 valence electrons. The van der Waals surface area contributed by atoms with E-state index in [-0.39, 0.29) is 17.1 Å². The number of hydrogen-bond donors (Lipinski definition) is 3. The average Bonchev–Trinajstić information content (AvgIpc) is 3.41. The van der Waals surface area contributed by atoms with Crippen molar-refractivity contribution in [3.05, 3.63) is 65.7 Å². The lowest BCUT2D eigenvalue weighted by atomic mass is 10.1. The SMILES string of the molecule is CCn1cc(NC(=O)C(C)n2nccc2C(=O)O)c(C(=O)NCCc2ccccc2)n1. The first kappa shape index (κ1) is 21.8. The summed E-state index contributed by atoms with van der Waals surface area (Å²) < 4.78 is 2.66. The smallest absolute Gasteiger partial charge is 0.354 e. The number of benzene rings is 1. The number of rotatable bonds is 9. The molecule has 0 aliphatic rings. The number of nitrogens with zero attached hydrogens (tertiary/aromatic N) is 4. The van der Waals surface area contributed by atoms with Gasteiger partial charge in [0.25, 0.3) is 5.91 Å². The number of nitrogens with one attached hydrogen (secondary N) is 2. The molecule has 0 bridgehead atoms. The van der Waals surface area contributed by atoms with E-state index in [9.17, 15) is 19.5 Å². The predicted octanol–water partition coefficient (Wildman–Crippen LogP) is 1.97. The standard InChI is InChI=1S/C21H24N6O4/c1-3-26-13-16(24-19(28)14(2)27-17(21(30)31)10-12-23-27)18(25-26)20(29)22-11-9-15-7-5-4-6-8-15/h4-8,10,12-14H,3,9,11H2,1-2H3,(H,22,29)(H,24,28)(H,30,31). The molecule has 0 aliphatic heterocycles. The lowest BCUT2D eigenvalue weighted by Crippen LogP contribution is -2.29. The third kappa shape index (κ3) is 5.16. The van der Waals surface area contributed by atoms with Crippen LogP contribution >= 0.6 is 0 Å². The van der Waals surface area contributed by atoms with Crippen molar-refractivity contribution in [3.63, 3.8) is 0 Å². The maximum Gasteiger partial charge on any atom is 0.354 e. The second kappa shape index (κ2) is 9.70. The van der Waals surface area contributed by atoms with Crippen molar-refractivity contribution in [1.29, 1.82) is 0 Å². The molecule has 3 N–H and O–H groups in total. The summed E-state index contributed by atoms with van der Waals surface area (Å²) >= 11 is 0. The first-order chi connectivity index (χ1) is 14.9. The van der Waals surface area contributed by atoms with E-state index in [0.717, 1.165) is 10.2 Å². The molecule has 10 nitrogen and oxygen atoms in total. The average molecular weight is 424 g/mol. The van der Waals surface area contributed by atoms with Crippen molar-refractivity contribution in [3.8, 4) is 0 Å². The Morgan fingerprint density at radius 1 is 1.16 bits per heavy atom. The molecule has 2 heterocycles. The van der Waals surface area contributed by atoms with Crippen LogP contribution in [0.25, 0.3) is 0 Å². The highest BCUT2D eigenvalue weighted by Crippen LogP contribution is 2.18. The number of aromatic nitrogens is 4. The van der Waals surface area contributed by atoms with Gasteiger partial charge in [-0.3, -0.25) is 14.3 Å². The topological polar surface area (TPSA) is 131 Å². The van der Waals surface area contributed by atoms with Crippen LogP contribution in [-0.4, -0.2) is 49.0 Å². The summed E-state index contributed by atoms with van der Waals surface area (Å²) in [6.45, 7) is 4.32. The fourth-order valence-electron chi connectivity index (χ4n) is 3.03. The molecule has 0 saturated carbocycles. The highest BCUT2D eigenvalue weighted by Gasteiger charge is 2.24. The minimum atomic E-state index is -1.19. The zero-order chi connectivity index (χ0) is 22.4. The van der Waals surface area contributed by atoms with Crippen molar-refractivity contribution in [2.75, 3.05) is 11.9 Å². The van der Waals surface area contributed by atoms with Gasteiger partial charge < -0.3 is 15.7 Å². The van der Waals surface area contributed by atoms with E-state index in [4.69, 9.17) is 0 Å². The van der Waals surface area contributed by atoms with Gasteiger partial charge in [0.05, 0.1) is 5.69 Å². The van der Waals surface area contributed by atoms with E-state index in [1.54, 1.807) is 10.9 Å². The number of carboxylic acid groups (broad SMARTS) is 1. The summed E-state index contributed by atoms with van der Waals surface area (Å²) in [6, 6.07) is 10.2. The number of aromatic carboxylic acids is 1. The van der Waals surface area contributed by atoms with Crippen LogP contribution in [0.2, 0.25) is 0 Å². The molecule has 10 heteroatoms. The van der Waals surface area contributed by atoms with Gasteiger partial charge in [0.2, 0.25) is 5.91 Å². The van der Waals surface area contributed by atoms with Crippen LogP contribution < -0.4 is 10.6 Å². The summed E-state index contributed by atoms with van der Waals surface area (Å²) in [5.41, 5.74) is 1.33. The van der Waals surface area contributed by atoms with Crippen LogP contribution in [0.1, 0.15) is 46.4 Å². The molecule has 0 aliphatic carbocycles. The van der Waals surface area contributed by atoms with E-state index in [0.29, 0.717) is 19.5 Å². The Hall–Kier alpha value is -3.95. The first-order valence-electron chi connectivity index (χ1n) is 9.88. The molecule has 1 aromatic carbocycles. The fraction of sp³-hybridized carbons (Fsp3) is 0.286. The molecule has 2 aromatic heterocycles. The molecule has 0 saturated heterocycles. The summed E-state index contributed by atoms with van der Waals surface area (Å²) in [5, 5.41) is 22.9. The summed E-state index contributed by atoms with van der Waals surface area (Å²) in [4.78, 5) is 36.7. The van der Waals surface area contributed by atoms with Crippen LogP contribution in [0.4, 0.5) is 5.69 Å². The van der Waals surface area contributed by atoms with E-state index in [1.807, 2.05) is 37.3 Å². The van der Waals surface area contributed by atoms with E-state index in [2.05, 4.69) is 20.8 Å². The van der Waals surface area contributed by atoms with Gasteiger partial charge in [-0.1, -0.05) is 30.3 Å². The molecule has 0 radical (unpaired) electrons. The molecule has 1 atom stereocenters. The van der Waals surface area contributed by atoms with E-state index >= 15 is 0 Å². The lowest BCUT2D eigenvalue weighted by Gasteiger charge is -2.14. The lowest BCUT2D eigenvalue weighted by molar-refractivity contribution is -0.119. The van der Waals surface area contributed by atoms with Gasteiger partial charge >= 0.3 is 5.97 Å². The van der Waals surface area contributed by atoms with Crippen LogP contribution in [0.5, 0.6) is 0 Å². The summed E-state index contributed by atoms with van der Waals surface area (Å²) in [5.74, 6) is -2.11. The number of carboxylic acids is 1. The molecular formula is C21H24N6O4. The molecule has 0 fully saturated rings. The normalized spacial score (nSPS) is 11.7. The van der Waals surface area contributed by atoms with Gasteiger partial charge in [-0.2, -0.15) is 10.2 Å². The monoisotopic (exact) mass is 424 g/mol. The zero-order valence-corrected chi connectivity index (χ0v) is 17.3. The van der Waals surface area contributed by atoms with Gasteiger partial charge in [0, 0.05) is 25.5 Å². The van der Waals surface area contributed by atoms with Crippen molar-refractivity contribution in [2.24, 2.45) is 0 Å². The Labute approximate surface area is 178 Å². The molecule has 2 amide bonds. The second-order valence-electron chi connectivity index (χ2n) is 6.87. The fourth-order valence-corrected chi connectivity index (χ4v) is 3.03. The quantitative estimate of drug-likeness (QED) is 0.481. The number of amides is 2. The van der Waals surface area contributed by atoms with Crippen LogP contribution in [-0.2, 0) is 17.8 Å². The number of anilines is 1. The van der Waals surface area contributed by atoms with Crippen molar-refractivity contribution in [2.45, 2.75) is 32.9 Å². The van der Waals surface area contributed by atoms with Crippen LogP contribution in [0.3, 0.4) is 0 Å². The number of carbonyl (C=O) groups excluding carboxylic acids is 2.